The number of rotatable bonds is 3. The van der Waals surface area contributed by atoms with Gasteiger partial charge in [0.25, 0.3) is 0 Å². The molecular formula is C25H31N3O3. The molecule has 3 heterocycles. The number of fused-ring (bicyclic) bond motifs is 1. The summed E-state index contributed by atoms with van der Waals surface area (Å²) < 4.78 is 5.70. The van der Waals surface area contributed by atoms with Crippen LogP contribution < -0.4 is 10.2 Å². The minimum absolute atomic E-state index is 0.145. The van der Waals surface area contributed by atoms with Crippen LogP contribution in [0.3, 0.4) is 0 Å². The average molecular weight is 422 g/mol. The number of amides is 1. The fourth-order valence-corrected chi connectivity index (χ4v) is 4.56. The molecule has 0 atom stereocenters. The molecule has 1 aromatic carbocycles. The molecular weight excluding hydrogens is 390 g/mol. The van der Waals surface area contributed by atoms with Crippen LogP contribution in [0.4, 0.5) is 5.69 Å². The minimum Gasteiger partial charge on any atom is -0.455 e. The molecule has 0 saturated carbocycles. The van der Waals surface area contributed by atoms with Crippen molar-refractivity contribution in [1.82, 2.24) is 10.3 Å². The fourth-order valence-electron chi connectivity index (χ4n) is 4.56. The van der Waals surface area contributed by atoms with Crippen LogP contribution in [0.5, 0.6) is 0 Å². The summed E-state index contributed by atoms with van der Waals surface area (Å²) in [5, 5.41) is 3.41. The number of carbonyl (C=O) groups excluding carboxylic acids is 2. The maximum absolute atomic E-state index is 13.1. The number of aromatic nitrogens is 1. The first-order valence-corrected chi connectivity index (χ1v) is 11.1. The highest BCUT2D eigenvalue weighted by Gasteiger charge is 2.29. The summed E-state index contributed by atoms with van der Waals surface area (Å²) in [6, 6.07) is 8.23. The molecule has 1 N–H and O–H groups in total. The van der Waals surface area contributed by atoms with E-state index in [1.54, 1.807) is 11.1 Å². The lowest BCUT2D eigenvalue weighted by Gasteiger charge is -2.29. The third-order valence-electron chi connectivity index (χ3n) is 6.06. The maximum atomic E-state index is 13.1. The van der Waals surface area contributed by atoms with Gasteiger partial charge in [0.1, 0.15) is 5.60 Å². The maximum Gasteiger partial charge on any atom is 0.357 e. The van der Waals surface area contributed by atoms with Gasteiger partial charge in [-0.15, -0.1) is 0 Å². The molecule has 164 valence electrons. The van der Waals surface area contributed by atoms with Gasteiger partial charge in [0.2, 0.25) is 5.91 Å². The van der Waals surface area contributed by atoms with Crippen molar-refractivity contribution in [3.8, 4) is 11.1 Å². The van der Waals surface area contributed by atoms with Gasteiger partial charge in [-0.1, -0.05) is 6.07 Å². The zero-order chi connectivity index (χ0) is 22.2. The number of anilines is 1. The minimum atomic E-state index is -0.580. The standard InChI is InChI=1S/C25H31N3O3/c1-25(2,3)31-24(30)23-22(16-9-12-26-13-10-16)19(11-14-27-23)17-5-7-20-18(15-17)6-8-21(29)28(20)4/h5,7,11,14-16,26H,6,8-10,12-13H2,1-4H3. The molecule has 0 radical (unpaired) electrons. The zero-order valence-corrected chi connectivity index (χ0v) is 18.8. The molecule has 0 unspecified atom stereocenters. The third kappa shape index (κ3) is 4.49. The highest BCUT2D eigenvalue weighted by atomic mass is 16.6. The second-order valence-corrected chi connectivity index (χ2v) is 9.44. The van der Waals surface area contributed by atoms with Crippen LogP contribution >= 0.6 is 0 Å². The molecule has 0 spiro atoms. The number of nitrogens with one attached hydrogen (secondary N) is 1. The van der Waals surface area contributed by atoms with Crippen molar-refractivity contribution in [3.05, 3.63) is 47.3 Å². The molecule has 2 aliphatic rings. The van der Waals surface area contributed by atoms with Crippen molar-refractivity contribution in [2.75, 3.05) is 25.0 Å². The van der Waals surface area contributed by atoms with Crippen molar-refractivity contribution in [2.45, 2.75) is 58.0 Å². The van der Waals surface area contributed by atoms with Crippen LogP contribution in [-0.2, 0) is 16.0 Å². The Kier molecular flexibility index (Phi) is 5.84. The Bertz CT molecular complexity index is 1000. The van der Waals surface area contributed by atoms with E-state index < -0.39 is 5.60 Å². The molecule has 1 fully saturated rings. The van der Waals surface area contributed by atoms with Crippen molar-refractivity contribution < 1.29 is 14.3 Å². The Labute approximate surface area is 184 Å². The number of esters is 1. The summed E-state index contributed by atoms with van der Waals surface area (Å²) in [6.07, 6.45) is 4.87. The van der Waals surface area contributed by atoms with Gasteiger partial charge < -0.3 is 15.0 Å². The SMILES string of the molecule is CN1C(=O)CCc2cc(-c3ccnc(C(=O)OC(C)(C)C)c3C3CCNCC3)ccc21. The number of ether oxygens (including phenoxy) is 1. The Morgan fingerprint density at radius 2 is 1.90 bits per heavy atom. The number of hydrogen-bond donors (Lipinski definition) is 1. The Hall–Kier alpha value is -2.73. The molecule has 2 aliphatic heterocycles. The molecule has 1 amide bonds. The number of piperidine rings is 1. The highest BCUT2D eigenvalue weighted by Crippen LogP contribution is 2.38. The van der Waals surface area contributed by atoms with E-state index in [1.807, 2.05) is 46.0 Å². The van der Waals surface area contributed by atoms with E-state index in [0.29, 0.717) is 12.1 Å². The van der Waals surface area contributed by atoms with Crippen molar-refractivity contribution in [2.24, 2.45) is 0 Å². The van der Waals surface area contributed by atoms with Crippen LogP contribution in [0.1, 0.15) is 67.6 Å². The van der Waals surface area contributed by atoms with Gasteiger partial charge >= 0.3 is 5.97 Å². The second kappa shape index (κ2) is 8.42. The predicted octanol–water partition coefficient (Wildman–Crippen LogP) is 4.08. The number of nitrogens with zero attached hydrogens (tertiary/aromatic N) is 2. The van der Waals surface area contributed by atoms with Crippen LogP contribution in [0.25, 0.3) is 11.1 Å². The smallest absolute Gasteiger partial charge is 0.357 e. The first-order chi connectivity index (χ1) is 14.7. The summed E-state index contributed by atoms with van der Waals surface area (Å²) in [5.74, 6) is 0.0192. The fraction of sp³-hybridized carbons (Fsp3) is 0.480. The van der Waals surface area contributed by atoms with Gasteiger partial charge in [0, 0.05) is 25.4 Å². The number of aryl methyl sites for hydroxylation is 1. The van der Waals surface area contributed by atoms with Crippen LogP contribution in [0.2, 0.25) is 0 Å². The molecule has 1 saturated heterocycles. The molecule has 31 heavy (non-hydrogen) atoms. The van der Waals surface area contributed by atoms with Gasteiger partial charge in [-0.3, -0.25) is 4.79 Å². The molecule has 6 nitrogen and oxygen atoms in total. The number of hydrogen-bond acceptors (Lipinski definition) is 5. The largest absolute Gasteiger partial charge is 0.455 e. The Morgan fingerprint density at radius 3 is 2.61 bits per heavy atom. The van der Waals surface area contributed by atoms with E-state index >= 15 is 0 Å². The van der Waals surface area contributed by atoms with E-state index in [0.717, 1.165) is 60.3 Å². The molecule has 0 bridgehead atoms. The van der Waals surface area contributed by atoms with Gasteiger partial charge in [0.05, 0.1) is 0 Å². The van der Waals surface area contributed by atoms with Crippen molar-refractivity contribution in [1.29, 1.82) is 0 Å². The van der Waals surface area contributed by atoms with Crippen molar-refractivity contribution in [3.63, 3.8) is 0 Å². The number of carbonyl (C=O) groups is 2. The normalized spacial score (nSPS) is 17.4. The van der Waals surface area contributed by atoms with E-state index in [1.165, 1.54) is 0 Å². The number of benzene rings is 1. The van der Waals surface area contributed by atoms with Crippen LogP contribution in [-0.4, -0.2) is 42.6 Å². The van der Waals surface area contributed by atoms with Gasteiger partial charge in [-0.25, -0.2) is 9.78 Å². The molecule has 1 aromatic heterocycles. The summed E-state index contributed by atoms with van der Waals surface area (Å²) >= 11 is 0. The summed E-state index contributed by atoms with van der Waals surface area (Å²) in [4.78, 5) is 31.4. The van der Waals surface area contributed by atoms with Crippen LogP contribution in [0.15, 0.2) is 30.5 Å². The molecule has 6 heteroatoms. The lowest BCUT2D eigenvalue weighted by molar-refractivity contribution is -0.118. The first-order valence-electron chi connectivity index (χ1n) is 11.1. The highest BCUT2D eigenvalue weighted by molar-refractivity contribution is 5.97. The monoisotopic (exact) mass is 421 g/mol. The second-order valence-electron chi connectivity index (χ2n) is 9.44. The van der Waals surface area contributed by atoms with Crippen molar-refractivity contribution >= 4 is 17.6 Å². The number of pyridine rings is 1. The van der Waals surface area contributed by atoms with Gasteiger partial charge in [-0.2, -0.15) is 0 Å². The van der Waals surface area contributed by atoms with E-state index in [-0.39, 0.29) is 17.8 Å². The zero-order valence-electron chi connectivity index (χ0n) is 18.8. The summed E-state index contributed by atoms with van der Waals surface area (Å²) in [7, 11) is 1.83. The summed E-state index contributed by atoms with van der Waals surface area (Å²) in [5.41, 5.74) is 5.04. The molecule has 0 aliphatic carbocycles. The molecule has 2 aromatic rings. The summed E-state index contributed by atoms with van der Waals surface area (Å²) in [6.45, 7) is 7.47. The van der Waals surface area contributed by atoms with Gasteiger partial charge in [0.15, 0.2) is 5.69 Å². The van der Waals surface area contributed by atoms with E-state index in [2.05, 4.69) is 16.4 Å². The Morgan fingerprint density at radius 1 is 1.16 bits per heavy atom. The van der Waals surface area contributed by atoms with E-state index in [4.69, 9.17) is 4.74 Å². The molecule has 4 rings (SSSR count). The quantitative estimate of drug-likeness (QED) is 0.756. The first kappa shape index (κ1) is 21.5. The average Bonchev–Trinajstić information content (AvgIpc) is 2.75. The Balaban J connectivity index is 1.81. The van der Waals surface area contributed by atoms with E-state index in [9.17, 15) is 9.59 Å². The van der Waals surface area contributed by atoms with Gasteiger partial charge in [-0.05, 0) is 99.5 Å². The lowest BCUT2D eigenvalue weighted by atomic mass is 9.83. The topological polar surface area (TPSA) is 71.5 Å². The lowest BCUT2D eigenvalue weighted by Crippen LogP contribution is -2.31. The van der Waals surface area contributed by atoms with Crippen LogP contribution in [0, 0.1) is 0 Å². The predicted molar refractivity (Wildman–Crippen MR) is 121 cm³/mol. The third-order valence-corrected chi connectivity index (χ3v) is 6.06.